The van der Waals surface area contributed by atoms with Crippen molar-refractivity contribution in [3.63, 3.8) is 0 Å². The fourth-order valence-electron chi connectivity index (χ4n) is 1.75. The maximum absolute atomic E-state index is 11.9. The quantitative estimate of drug-likeness (QED) is 0.917. The molecule has 1 aliphatic heterocycles. The molecular formula is C12H14O3S2. The average molecular weight is 270 g/mol. The van der Waals surface area contributed by atoms with Crippen molar-refractivity contribution >= 4 is 27.2 Å². The second-order valence-electron chi connectivity index (χ2n) is 4.20. The number of thioether (sulfide) groups is 1. The van der Waals surface area contributed by atoms with Gasteiger partial charge in [-0.2, -0.15) is 11.8 Å². The van der Waals surface area contributed by atoms with Crippen LogP contribution in [0.3, 0.4) is 0 Å². The lowest BCUT2D eigenvalue weighted by Gasteiger charge is -2.08. The third-order valence-corrected chi connectivity index (χ3v) is 5.19. The topological polar surface area (TPSA) is 54.4 Å². The number of sulfone groups is 1. The van der Waals surface area contributed by atoms with Crippen LogP contribution in [0.25, 0.3) is 5.57 Å². The molecule has 5 heteroatoms. The zero-order chi connectivity index (χ0) is 12.6. The second-order valence-corrected chi connectivity index (χ2v) is 7.53. The zero-order valence-corrected chi connectivity index (χ0v) is 11.3. The fraction of sp³-hybridized carbons (Fsp3) is 0.333. The predicted molar refractivity (Wildman–Crippen MR) is 70.9 cm³/mol. The lowest BCUT2D eigenvalue weighted by molar-refractivity contribution is 0.471. The summed E-state index contributed by atoms with van der Waals surface area (Å²) in [5, 5.41) is 11.5. The number of aromatic hydroxyl groups is 1. The minimum absolute atomic E-state index is 0.0409. The highest BCUT2D eigenvalue weighted by Gasteiger charge is 2.29. The number of phenolic OH excluding ortho intramolecular Hbond substituents is 1. The van der Waals surface area contributed by atoms with Gasteiger partial charge in [0.1, 0.15) is 5.75 Å². The van der Waals surface area contributed by atoms with Gasteiger partial charge in [0.15, 0.2) is 0 Å². The first-order chi connectivity index (χ1) is 7.92. The van der Waals surface area contributed by atoms with Gasteiger partial charge >= 0.3 is 0 Å². The van der Waals surface area contributed by atoms with Gasteiger partial charge in [-0.05, 0) is 23.0 Å². The van der Waals surface area contributed by atoms with E-state index in [1.807, 2.05) is 0 Å². The van der Waals surface area contributed by atoms with Crippen molar-refractivity contribution in [2.45, 2.75) is 24.0 Å². The molecule has 3 nitrogen and oxygen atoms in total. The Labute approximate surface area is 105 Å². The normalized spacial score (nSPS) is 17.0. The van der Waals surface area contributed by atoms with Crippen LogP contribution < -0.4 is 0 Å². The fourth-order valence-corrected chi connectivity index (χ4v) is 4.09. The van der Waals surface area contributed by atoms with E-state index in [2.05, 4.69) is 13.8 Å². The van der Waals surface area contributed by atoms with E-state index in [-0.39, 0.29) is 10.6 Å². The molecule has 17 heavy (non-hydrogen) atoms. The monoisotopic (exact) mass is 270 g/mol. The maximum Gasteiger partial charge on any atom is 0.200 e. The molecule has 92 valence electrons. The third kappa shape index (κ3) is 2.35. The Morgan fingerprint density at radius 1 is 1.35 bits per heavy atom. The largest absolute Gasteiger partial charge is 0.507 e. The van der Waals surface area contributed by atoms with Crippen LogP contribution in [0.1, 0.15) is 19.4 Å². The molecule has 0 saturated heterocycles. The molecule has 1 aromatic rings. The summed E-state index contributed by atoms with van der Waals surface area (Å²) in [6.45, 7) is 4.11. The minimum Gasteiger partial charge on any atom is -0.507 e. The van der Waals surface area contributed by atoms with E-state index in [1.54, 1.807) is 17.8 Å². The number of fused-ring (bicyclic) bond motifs is 1. The lowest BCUT2D eigenvalue weighted by atomic mass is 10.1. The van der Waals surface area contributed by atoms with Gasteiger partial charge in [-0.15, -0.1) is 0 Å². The first-order valence-corrected chi connectivity index (χ1v) is 7.91. The summed E-state index contributed by atoms with van der Waals surface area (Å²) >= 11 is 1.66. The molecule has 0 radical (unpaired) electrons. The highest BCUT2D eigenvalue weighted by molar-refractivity contribution is 8.00. The summed E-state index contributed by atoms with van der Waals surface area (Å²) in [4.78, 5) is 0.219. The number of rotatable bonds is 3. The molecule has 0 saturated carbocycles. The van der Waals surface area contributed by atoms with Gasteiger partial charge in [0.05, 0.1) is 4.90 Å². The molecule has 1 aliphatic rings. The zero-order valence-electron chi connectivity index (χ0n) is 9.67. The summed E-state index contributed by atoms with van der Waals surface area (Å²) in [5.41, 5.74) is 1.16. The maximum atomic E-state index is 11.9. The van der Waals surface area contributed by atoms with Gasteiger partial charge in [0.25, 0.3) is 0 Å². The Morgan fingerprint density at radius 3 is 2.71 bits per heavy atom. The van der Waals surface area contributed by atoms with Gasteiger partial charge in [-0.1, -0.05) is 19.9 Å². The molecule has 0 bridgehead atoms. The van der Waals surface area contributed by atoms with E-state index in [0.717, 1.165) is 0 Å². The Hall–Kier alpha value is -0.940. The number of hydrogen-bond acceptors (Lipinski definition) is 4. The molecule has 0 aliphatic carbocycles. The van der Waals surface area contributed by atoms with Crippen LogP contribution >= 0.6 is 11.8 Å². The molecule has 0 amide bonds. The summed E-state index contributed by atoms with van der Waals surface area (Å²) in [6.07, 6.45) is 0. The lowest BCUT2D eigenvalue weighted by Crippen LogP contribution is -1.94. The van der Waals surface area contributed by atoms with E-state index in [4.69, 9.17) is 0 Å². The average Bonchev–Trinajstić information content (AvgIpc) is 2.49. The standard InChI is InChI=1S/C12H14O3S2/c1-8(2)16-6-9-7-17(14,15)11-5-3-4-10(13)12(9)11/h3-5,7-8,13H,6H2,1-2H3. The molecule has 1 heterocycles. The molecule has 2 rings (SSSR count). The summed E-state index contributed by atoms with van der Waals surface area (Å²) in [7, 11) is -3.36. The van der Waals surface area contributed by atoms with Gasteiger partial charge in [-0.3, -0.25) is 0 Å². The van der Waals surface area contributed by atoms with Crippen LogP contribution in [-0.2, 0) is 9.84 Å². The van der Waals surface area contributed by atoms with Crippen molar-refractivity contribution in [3.05, 3.63) is 29.2 Å². The minimum atomic E-state index is -3.36. The van der Waals surface area contributed by atoms with E-state index in [0.29, 0.717) is 22.1 Å². The molecular weight excluding hydrogens is 256 g/mol. The SMILES string of the molecule is CC(C)SCC1=CS(=O)(=O)c2cccc(O)c21. The van der Waals surface area contributed by atoms with E-state index in [1.165, 1.54) is 17.5 Å². The second kappa shape index (κ2) is 4.38. The van der Waals surface area contributed by atoms with Crippen LogP contribution in [0.4, 0.5) is 0 Å². The Balaban J connectivity index is 2.45. The first kappa shape index (κ1) is 12.5. The number of hydrogen-bond donors (Lipinski definition) is 1. The number of benzene rings is 1. The Bertz CT molecular complexity index is 571. The van der Waals surface area contributed by atoms with Crippen LogP contribution in [0.15, 0.2) is 28.5 Å². The van der Waals surface area contributed by atoms with Gasteiger partial charge in [-0.25, -0.2) is 8.42 Å². The smallest absolute Gasteiger partial charge is 0.200 e. The van der Waals surface area contributed by atoms with Crippen LogP contribution in [0.5, 0.6) is 5.75 Å². The summed E-state index contributed by atoms with van der Waals surface area (Å²) in [5.74, 6) is 0.640. The van der Waals surface area contributed by atoms with E-state index in [9.17, 15) is 13.5 Å². The molecule has 0 atom stereocenters. The molecule has 1 aromatic carbocycles. The van der Waals surface area contributed by atoms with E-state index < -0.39 is 9.84 Å². The summed E-state index contributed by atoms with van der Waals surface area (Å²) in [6, 6.07) is 4.61. The Kier molecular flexibility index (Phi) is 3.23. The highest BCUT2D eigenvalue weighted by atomic mass is 32.2. The Morgan fingerprint density at radius 2 is 2.06 bits per heavy atom. The molecule has 1 N–H and O–H groups in total. The van der Waals surface area contributed by atoms with Crippen molar-refractivity contribution < 1.29 is 13.5 Å². The molecule has 0 aromatic heterocycles. The third-order valence-electron chi connectivity index (χ3n) is 2.50. The van der Waals surface area contributed by atoms with Crippen molar-refractivity contribution in [2.24, 2.45) is 0 Å². The van der Waals surface area contributed by atoms with Crippen molar-refractivity contribution in [2.75, 3.05) is 5.75 Å². The van der Waals surface area contributed by atoms with Crippen molar-refractivity contribution in [1.82, 2.24) is 0 Å². The van der Waals surface area contributed by atoms with Crippen LogP contribution in [-0.4, -0.2) is 24.5 Å². The van der Waals surface area contributed by atoms with Crippen LogP contribution in [0, 0.1) is 0 Å². The van der Waals surface area contributed by atoms with Gasteiger partial charge in [0, 0.05) is 16.7 Å². The van der Waals surface area contributed by atoms with Crippen LogP contribution in [0.2, 0.25) is 0 Å². The highest BCUT2D eigenvalue weighted by Crippen LogP contribution is 2.40. The van der Waals surface area contributed by atoms with Gasteiger partial charge < -0.3 is 5.11 Å². The molecule has 0 spiro atoms. The molecule has 0 fully saturated rings. The van der Waals surface area contributed by atoms with Gasteiger partial charge in [0.2, 0.25) is 9.84 Å². The number of phenols is 1. The summed E-state index contributed by atoms with van der Waals surface area (Å²) < 4.78 is 23.7. The van der Waals surface area contributed by atoms with Crippen molar-refractivity contribution in [1.29, 1.82) is 0 Å². The van der Waals surface area contributed by atoms with E-state index >= 15 is 0 Å². The predicted octanol–water partition coefficient (Wildman–Crippen LogP) is 2.66. The molecule has 0 unspecified atom stereocenters. The van der Waals surface area contributed by atoms with Crippen molar-refractivity contribution in [3.8, 4) is 5.75 Å². The first-order valence-electron chi connectivity index (χ1n) is 5.31.